The number of thioether (sulfide) groups is 1. The van der Waals surface area contributed by atoms with Gasteiger partial charge in [0.15, 0.2) is 11.6 Å². The second-order valence-corrected chi connectivity index (χ2v) is 7.46. The van der Waals surface area contributed by atoms with Gasteiger partial charge in [0.1, 0.15) is 5.82 Å². The van der Waals surface area contributed by atoms with Crippen LogP contribution >= 0.6 is 11.8 Å². The van der Waals surface area contributed by atoms with Gasteiger partial charge < -0.3 is 14.6 Å². The summed E-state index contributed by atoms with van der Waals surface area (Å²) in [5.74, 6) is 4.86. The molecule has 23 heavy (non-hydrogen) atoms. The molecule has 0 amide bonds. The van der Waals surface area contributed by atoms with Crippen molar-refractivity contribution in [1.82, 2.24) is 14.9 Å². The molecule has 1 fully saturated rings. The SMILES string of the molecule is CN1CCc2nc(-c3ccco3)nc(N[C@@H]3CCSC3)c2CC1. The number of rotatable bonds is 3. The summed E-state index contributed by atoms with van der Waals surface area (Å²) >= 11 is 2.01. The second kappa shape index (κ2) is 6.53. The number of nitrogens with one attached hydrogen (secondary N) is 1. The zero-order valence-electron chi connectivity index (χ0n) is 13.4. The Morgan fingerprint density at radius 2 is 2.22 bits per heavy atom. The highest BCUT2D eigenvalue weighted by Crippen LogP contribution is 2.28. The fraction of sp³-hybridized carbons (Fsp3) is 0.529. The molecular weight excluding hydrogens is 308 g/mol. The van der Waals surface area contributed by atoms with Crippen molar-refractivity contribution in [1.29, 1.82) is 0 Å². The van der Waals surface area contributed by atoms with Crippen LogP contribution in [0.2, 0.25) is 0 Å². The van der Waals surface area contributed by atoms with Crippen LogP contribution in [0, 0.1) is 0 Å². The summed E-state index contributed by atoms with van der Waals surface area (Å²) in [7, 11) is 2.17. The van der Waals surface area contributed by atoms with Crippen molar-refractivity contribution in [3.05, 3.63) is 29.7 Å². The number of likely N-dealkylation sites (N-methyl/N-ethyl adjacent to an activating group) is 1. The third-order valence-electron chi connectivity index (χ3n) is 4.58. The molecule has 4 heterocycles. The van der Waals surface area contributed by atoms with E-state index in [1.165, 1.54) is 23.4 Å². The topological polar surface area (TPSA) is 54.2 Å². The summed E-state index contributed by atoms with van der Waals surface area (Å²) in [6, 6.07) is 4.34. The largest absolute Gasteiger partial charge is 0.461 e. The van der Waals surface area contributed by atoms with Gasteiger partial charge in [0.25, 0.3) is 0 Å². The van der Waals surface area contributed by atoms with Gasteiger partial charge in [0.05, 0.1) is 12.0 Å². The van der Waals surface area contributed by atoms with Crippen molar-refractivity contribution < 1.29 is 4.42 Å². The summed E-state index contributed by atoms with van der Waals surface area (Å²) in [4.78, 5) is 12.0. The van der Waals surface area contributed by atoms with Crippen LogP contribution in [0.4, 0.5) is 5.82 Å². The quantitative estimate of drug-likeness (QED) is 0.934. The number of aromatic nitrogens is 2. The maximum Gasteiger partial charge on any atom is 0.197 e. The molecule has 0 unspecified atom stereocenters. The predicted octanol–water partition coefficient (Wildman–Crippen LogP) is 2.68. The van der Waals surface area contributed by atoms with Gasteiger partial charge in [-0.05, 0) is 37.8 Å². The fourth-order valence-corrected chi connectivity index (χ4v) is 4.34. The van der Waals surface area contributed by atoms with Crippen molar-refractivity contribution in [3.8, 4) is 11.6 Å². The van der Waals surface area contributed by atoms with Gasteiger partial charge in [-0.25, -0.2) is 9.97 Å². The Balaban J connectivity index is 1.73. The number of nitrogens with zero attached hydrogens (tertiary/aromatic N) is 3. The lowest BCUT2D eigenvalue weighted by molar-refractivity contribution is 0.352. The third kappa shape index (κ3) is 3.23. The van der Waals surface area contributed by atoms with E-state index in [4.69, 9.17) is 14.4 Å². The van der Waals surface area contributed by atoms with Crippen molar-refractivity contribution in [2.45, 2.75) is 25.3 Å². The first-order chi connectivity index (χ1) is 11.3. The third-order valence-corrected chi connectivity index (χ3v) is 5.74. The van der Waals surface area contributed by atoms with Crippen LogP contribution in [-0.2, 0) is 12.8 Å². The van der Waals surface area contributed by atoms with E-state index in [1.54, 1.807) is 6.26 Å². The molecule has 0 bridgehead atoms. The Bertz CT molecular complexity index is 667. The minimum atomic E-state index is 0.518. The molecule has 4 rings (SSSR count). The lowest BCUT2D eigenvalue weighted by Gasteiger charge is -2.17. The van der Waals surface area contributed by atoms with Crippen LogP contribution in [0.3, 0.4) is 0 Å². The van der Waals surface area contributed by atoms with Gasteiger partial charge in [-0.1, -0.05) is 0 Å². The molecular formula is C17H22N4OS. The normalized spacial score (nSPS) is 21.9. The van der Waals surface area contributed by atoms with E-state index in [2.05, 4.69) is 17.3 Å². The van der Waals surface area contributed by atoms with Crippen LogP contribution in [0.5, 0.6) is 0 Å². The molecule has 0 aliphatic carbocycles. The Morgan fingerprint density at radius 1 is 1.30 bits per heavy atom. The highest BCUT2D eigenvalue weighted by Gasteiger charge is 2.23. The molecule has 1 atom stereocenters. The Kier molecular flexibility index (Phi) is 4.27. The van der Waals surface area contributed by atoms with Crippen LogP contribution in [-0.4, -0.2) is 52.6 Å². The molecule has 2 aromatic heterocycles. The highest BCUT2D eigenvalue weighted by atomic mass is 32.2. The van der Waals surface area contributed by atoms with Gasteiger partial charge in [-0.2, -0.15) is 11.8 Å². The molecule has 1 saturated heterocycles. The number of hydrogen-bond acceptors (Lipinski definition) is 6. The minimum absolute atomic E-state index is 0.518. The second-order valence-electron chi connectivity index (χ2n) is 6.31. The van der Waals surface area contributed by atoms with E-state index in [0.29, 0.717) is 11.9 Å². The van der Waals surface area contributed by atoms with E-state index in [0.717, 1.165) is 43.3 Å². The average molecular weight is 330 g/mol. The first kappa shape index (κ1) is 15.0. The average Bonchev–Trinajstić information content (AvgIpc) is 3.22. The monoisotopic (exact) mass is 330 g/mol. The number of hydrogen-bond donors (Lipinski definition) is 1. The number of fused-ring (bicyclic) bond motifs is 1. The van der Waals surface area contributed by atoms with E-state index in [1.807, 2.05) is 23.9 Å². The van der Waals surface area contributed by atoms with E-state index in [9.17, 15) is 0 Å². The maximum absolute atomic E-state index is 5.52. The molecule has 2 aromatic rings. The zero-order valence-corrected chi connectivity index (χ0v) is 14.2. The minimum Gasteiger partial charge on any atom is -0.461 e. The van der Waals surface area contributed by atoms with Gasteiger partial charge in [0, 0.05) is 36.9 Å². The first-order valence-corrected chi connectivity index (χ1v) is 9.41. The molecule has 0 aromatic carbocycles. The van der Waals surface area contributed by atoms with E-state index in [-0.39, 0.29) is 0 Å². The van der Waals surface area contributed by atoms with Gasteiger partial charge >= 0.3 is 0 Å². The molecule has 0 spiro atoms. The molecule has 2 aliphatic rings. The van der Waals surface area contributed by atoms with Crippen LogP contribution in [0.15, 0.2) is 22.8 Å². The zero-order chi connectivity index (χ0) is 15.6. The Labute approximate surface area is 140 Å². The Morgan fingerprint density at radius 3 is 3.00 bits per heavy atom. The van der Waals surface area contributed by atoms with Crippen LogP contribution < -0.4 is 5.32 Å². The number of furan rings is 1. The Hall–Kier alpha value is -1.53. The summed E-state index contributed by atoms with van der Waals surface area (Å²) in [5, 5.41) is 3.68. The van der Waals surface area contributed by atoms with Gasteiger partial charge in [0.2, 0.25) is 0 Å². The van der Waals surface area contributed by atoms with Crippen molar-refractivity contribution in [2.75, 3.05) is 37.0 Å². The molecule has 6 heteroatoms. The summed E-state index contributed by atoms with van der Waals surface area (Å²) in [6.07, 6.45) is 4.86. The smallest absolute Gasteiger partial charge is 0.197 e. The molecule has 122 valence electrons. The molecule has 2 aliphatic heterocycles. The first-order valence-electron chi connectivity index (χ1n) is 8.26. The maximum atomic E-state index is 5.52. The predicted molar refractivity (Wildman–Crippen MR) is 94.0 cm³/mol. The fourth-order valence-electron chi connectivity index (χ4n) is 3.19. The molecule has 0 saturated carbocycles. The lowest BCUT2D eigenvalue weighted by atomic mass is 10.1. The van der Waals surface area contributed by atoms with Crippen molar-refractivity contribution in [2.24, 2.45) is 0 Å². The van der Waals surface area contributed by atoms with Crippen LogP contribution in [0.1, 0.15) is 17.7 Å². The van der Waals surface area contributed by atoms with Gasteiger partial charge in [-0.15, -0.1) is 0 Å². The number of anilines is 1. The summed E-state index contributed by atoms with van der Waals surface area (Å²) in [5.41, 5.74) is 2.46. The lowest BCUT2D eigenvalue weighted by Crippen LogP contribution is -2.22. The van der Waals surface area contributed by atoms with E-state index >= 15 is 0 Å². The van der Waals surface area contributed by atoms with Gasteiger partial charge in [-0.3, -0.25) is 0 Å². The van der Waals surface area contributed by atoms with Crippen LogP contribution in [0.25, 0.3) is 11.6 Å². The molecule has 5 nitrogen and oxygen atoms in total. The van der Waals surface area contributed by atoms with E-state index < -0.39 is 0 Å². The molecule has 1 N–H and O–H groups in total. The standard InChI is InChI=1S/C17H22N4OS/c1-21-7-4-13-14(5-8-21)19-17(15-3-2-9-22-15)20-16(13)18-12-6-10-23-11-12/h2-3,9,12H,4-8,10-11H2,1H3,(H,18,19,20)/t12-/m1/s1. The summed E-state index contributed by atoms with van der Waals surface area (Å²) < 4.78 is 5.52. The molecule has 0 radical (unpaired) electrons. The highest BCUT2D eigenvalue weighted by molar-refractivity contribution is 7.99. The summed E-state index contributed by atoms with van der Waals surface area (Å²) in [6.45, 7) is 2.10. The van der Waals surface area contributed by atoms with Crippen molar-refractivity contribution >= 4 is 17.6 Å². The van der Waals surface area contributed by atoms with Crippen molar-refractivity contribution in [3.63, 3.8) is 0 Å².